The van der Waals surface area contributed by atoms with Crippen molar-refractivity contribution in [1.29, 1.82) is 0 Å². The van der Waals surface area contributed by atoms with Crippen LogP contribution in [0, 0.1) is 0 Å². The first-order valence-electron chi connectivity index (χ1n) is 6.75. The van der Waals surface area contributed by atoms with Gasteiger partial charge in [0, 0.05) is 12.2 Å². The van der Waals surface area contributed by atoms with Crippen molar-refractivity contribution in [3.63, 3.8) is 0 Å². The van der Waals surface area contributed by atoms with Crippen molar-refractivity contribution in [2.45, 2.75) is 32.0 Å². The summed E-state index contributed by atoms with van der Waals surface area (Å²) in [5.74, 6) is -0.422. The van der Waals surface area contributed by atoms with E-state index >= 15 is 0 Å². The molecule has 3 N–H and O–H groups in total. The highest BCUT2D eigenvalue weighted by Crippen LogP contribution is 2.24. The van der Waals surface area contributed by atoms with Crippen molar-refractivity contribution in [3.8, 4) is 0 Å². The molecular weight excluding hydrogens is 332 g/mol. The largest absolute Gasteiger partial charge is 0.368 e. The molecule has 0 aliphatic heterocycles. The highest BCUT2D eigenvalue weighted by atomic mass is 79.9. The van der Waals surface area contributed by atoms with E-state index in [-0.39, 0.29) is 6.04 Å². The Kier molecular flexibility index (Phi) is 4.80. The highest BCUT2D eigenvalue weighted by Gasteiger charge is 2.39. The number of amides is 1. The number of nitrogens with one attached hydrogen (secondary N) is 1. The molecule has 0 aliphatic rings. The SMILES string of the molecule is CC(C)NC(Cn1cc(Br)cn1)(C(N)=O)c1ccccc1. The minimum Gasteiger partial charge on any atom is -0.368 e. The minimum atomic E-state index is -0.999. The molecule has 1 unspecified atom stereocenters. The smallest absolute Gasteiger partial charge is 0.244 e. The predicted octanol–water partition coefficient (Wildman–Crippen LogP) is 2.02. The molecule has 5 nitrogen and oxygen atoms in total. The molecule has 0 aliphatic carbocycles. The van der Waals surface area contributed by atoms with Crippen molar-refractivity contribution in [3.05, 3.63) is 52.8 Å². The minimum absolute atomic E-state index is 0.0942. The molecule has 1 heterocycles. The molecule has 1 aromatic carbocycles. The van der Waals surface area contributed by atoms with Crippen LogP contribution in [-0.2, 0) is 16.9 Å². The first-order chi connectivity index (χ1) is 9.94. The number of hydrogen-bond acceptors (Lipinski definition) is 3. The zero-order valence-electron chi connectivity index (χ0n) is 12.1. The normalized spacial score (nSPS) is 14.1. The average molecular weight is 351 g/mol. The summed E-state index contributed by atoms with van der Waals surface area (Å²) < 4.78 is 2.57. The van der Waals surface area contributed by atoms with E-state index in [1.807, 2.05) is 50.4 Å². The van der Waals surface area contributed by atoms with E-state index in [0.717, 1.165) is 10.0 Å². The third kappa shape index (κ3) is 3.51. The van der Waals surface area contributed by atoms with E-state index in [4.69, 9.17) is 5.73 Å². The third-order valence-corrected chi connectivity index (χ3v) is 3.63. The Balaban J connectivity index is 2.48. The topological polar surface area (TPSA) is 72.9 Å². The zero-order chi connectivity index (χ0) is 15.5. The second-order valence-electron chi connectivity index (χ2n) is 5.29. The molecule has 112 valence electrons. The van der Waals surface area contributed by atoms with E-state index in [9.17, 15) is 4.79 Å². The standard InChI is InChI=1S/C15H19BrN4O/c1-11(2)19-15(14(17)21,12-6-4-3-5-7-12)10-20-9-13(16)8-18-20/h3-9,11,19H,10H2,1-2H3,(H2,17,21). The van der Waals surface area contributed by atoms with Crippen molar-refractivity contribution < 1.29 is 4.79 Å². The molecule has 2 aromatic rings. The van der Waals surface area contributed by atoms with Crippen LogP contribution in [0.1, 0.15) is 19.4 Å². The number of carbonyl (C=O) groups is 1. The Labute approximate surface area is 132 Å². The number of nitrogens with zero attached hydrogens (tertiary/aromatic N) is 2. The van der Waals surface area contributed by atoms with Crippen LogP contribution >= 0.6 is 15.9 Å². The van der Waals surface area contributed by atoms with Gasteiger partial charge in [-0.15, -0.1) is 0 Å². The maximum atomic E-state index is 12.3. The maximum absolute atomic E-state index is 12.3. The zero-order valence-corrected chi connectivity index (χ0v) is 13.7. The first kappa shape index (κ1) is 15.7. The van der Waals surface area contributed by atoms with Crippen LogP contribution in [0.4, 0.5) is 0 Å². The van der Waals surface area contributed by atoms with Gasteiger partial charge in [0.15, 0.2) is 0 Å². The van der Waals surface area contributed by atoms with Crippen LogP contribution in [0.15, 0.2) is 47.2 Å². The predicted molar refractivity (Wildman–Crippen MR) is 85.5 cm³/mol. The lowest BCUT2D eigenvalue weighted by Crippen LogP contribution is -2.57. The van der Waals surface area contributed by atoms with E-state index < -0.39 is 11.4 Å². The molecule has 1 amide bonds. The maximum Gasteiger partial charge on any atom is 0.244 e. The Morgan fingerprint density at radius 2 is 2.10 bits per heavy atom. The Bertz CT molecular complexity index is 611. The van der Waals surface area contributed by atoms with Gasteiger partial charge in [0.1, 0.15) is 5.54 Å². The molecule has 0 fully saturated rings. The van der Waals surface area contributed by atoms with Crippen molar-refractivity contribution in [1.82, 2.24) is 15.1 Å². The molecule has 2 rings (SSSR count). The van der Waals surface area contributed by atoms with E-state index in [1.165, 1.54) is 0 Å². The van der Waals surface area contributed by atoms with Crippen LogP contribution in [0.3, 0.4) is 0 Å². The van der Waals surface area contributed by atoms with Gasteiger partial charge in [-0.1, -0.05) is 30.3 Å². The molecule has 21 heavy (non-hydrogen) atoms. The van der Waals surface area contributed by atoms with E-state index in [2.05, 4.69) is 26.3 Å². The summed E-state index contributed by atoms with van der Waals surface area (Å²) in [6, 6.07) is 9.60. The molecule has 6 heteroatoms. The van der Waals surface area contributed by atoms with Crippen LogP contribution in [0.25, 0.3) is 0 Å². The van der Waals surface area contributed by atoms with Gasteiger partial charge >= 0.3 is 0 Å². The number of hydrogen-bond donors (Lipinski definition) is 2. The summed E-state index contributed by atoms with van der Waals surface area (Å²) in [4.78, 5) is 12.3. The van der Waals surface area contributed by atoms with E-state index in [0.29, 0.717) is 6.54 Å². The number of carbonyl (C=O) groups excluding carboxylic acids is 1. The number of benzene rings is 1. The quantitative estimate of drug-likeness (QED) is 0.836. The monoisotopic (exact) mass is 350 g/mol. The van der Waals surface area contributed by atoms with Crippen molar-refractivity contribution in [2.24, 2.45) is 5.73 Å². The number of halogens is 1. The highest BCUT2D eigenvalue weighted by molar-refractivity contribution is 9.10. The van der Waals surface area contributed by atoms with Gasteiger partial charge < -0.3 is 5.73 Å². The lowest BCUT2D eigenvalue weighted by Gasteiger charge is -2.34. The second kappa shape index (κ2) is 6.41. The molecule has 0 radical (unpaired) electrons. The second-order valence-corrected chi connectivity index (χ2v) is 6.21. The number of rotatable bonds is 6. The van der Waals surface area contributed by atoms with Gasteiger partial charge in [-0.25, -0.2) is 0 Å². The van der Waals surface area contributed by atoms with Crippen molar-refractivity contribution >= 4 is 21.8 Å². The van der Waals surface area contributed by atoms with Crippen LogP contribution < -0.4 is 11.1 Å². The van der Waals surface area contributed by atoms with Gasteiger partial charge in [0.05, 0.1) is 17.2 Å². The van der Waals surface area contributed by atoms with Crippen LogP contribution in [0.5, 0.6) is 0 Å². The van der Waals surface area contributed by atoms with Gasteiger partial charge in [-0.2, -0.15) is 5.10 Å². The van der Waals surface area contributed by atoms with Crippen LogP contribution in [-0.4, -0.2) is 21.7 Å². The molecule has 0 bridgehead atoms. The average Bonchev–Trinajstić information content (AvgIpc) is 2.83. The molecular formula is C15H19BrN4O. The summed E-state index contributed by atoms with van der Waals surface area (Å²) >= 11 is 3.36. The summed E-state index contributed by atoms with van der Waals surface area (Å²) in [6.45, 7) is 4.30. The Hall–Kier alpha value is -1.66. The molecule has 0 saturated heterocycles. The summed E-state index contributed by atoms with van der Waals surface area (Å²) in [5.41, 5.74) is 5.58. The lowest BCUT2D eigenvalue weighted by atomic mass is 9.88. The van der Waals surface area contributed by atoms with Gasteiger partial charge in [0.25, 0.3) is 0 Å². The molecule has 0 saturated carbocycles. The number of aromatic nitrogens is 2. The van der Waals surface area contributed by atoms with Gasteiger partial charge in [-0.3, -0.25) is 14.8 Å². The fraction of sp³-hybridized carbons (Fsp3) is 0.333. The number of nitrogens with two attached hydrogens (primary N) is 1. The fourth-order valence-corrected chi connectivity index (χ4v) is 2.72. The Morgan fingerprint density at radius 3 is 2.57 bits per heavy atom. The number of primary amides is 1. The van der Waals surface area contributed by atoms with Crippen LogP contribution in [0.2, 0.25) is 0 Å². The Morgan fingerprint density at radius 1 is 1.43 bits per heavy atom. The fourth-order valence-electron chi connectivity index (χ4n) is 2.39. The van der Waals surface area contributed by atoms with Crippen molar-refractivity contribution in [2.75, 3.05) is 0 Å². The van der Waals surface area contributed by atoms with Gasteiger partial charge in [0.2, 0.25) is 5.91 Å². The molecule has 0 spiro atoms. The molecule has 1 atom stereocenters. The van der Waals surface area contributed by atoms with E-state index in [1.54, 1.807) is 10.9 Å². The summed E-state index contributed by atoms with van der Waals surface area (Å²) in [6.07, 6.45) is 3.51. The first-order valence-corrected chi connectivity index (χ1v) is 7.54. The summed E-state index contributed by atoms with van der Waals surface area (Å²) in [5, 5.41) is 7.55. The lowest BCUT2D eigenvalue weighted by molar-refractivity contribution is -0.126. The third-order valence-electron chi connectivity index (χ3n) is 3.22. The van der Waals surface area contributed by atoms with Gasteiger partial charge in [-0.05, 0) is 35.3 Å². The molecule has 1 aromatic heterocycles. The summed E-state index contributed by atoms with van der Waals surface area (Å²) in [7, 11) is 0.